The quantitative estimate of drug-likeness (QED) is 0.230. The average Bonchev–Trinajstić information content (AvgIpc) is 2.62. The third-order valence-electron chi connectivity index (χ3n) is 4.01. The lowest BCUT2D eigenvalue weighted by molar-refractivity contribution is -0.628. The summed E-state index contributed by atoms with van der Waals surface area (Å²) in [5.74, 6) is -1.65. The Morgan fingerprint density at radius 2 is 1.64 bits per heavy atom. The molecule has 1 heterocycles. The number of nitro groups is 1. The summed E-state index contributed by atoms with van der Waals surface area (Å²) >= 11 is 0. The smallest absolute Gasteiger partial charge is 0.478 e. The van der Waals surface area contributed by atoms with Gasteiger partial charge in [0.15, 0.2) is 17.7 Å². The van der Waals surface area contributed by atoms with Crippen molar-refractivity contribution in [2.24, 2.45) is 0 Å². The van der Waals surface area contributed by atoms with E-state index in [-0.39, 0.29) is 11.1 Å². The monoisotopic (exact) mass is 392 g/mol. The number of hydrogen-bond donors (Lipinski definition) is 2. The molecule has 0 unspecified atom stereocenters. The van der Waals surface area contributed by atoms with Crippen LogP contribution in [-0.2, 0) is 6.18 Å². The lowest BCUT2D eigenvalue weighted by Crippen LogP contribution is -2.36. The van der Waals surface area contributed by atoms with E-state index in [0.717, 1.165) is 12.1 Å². The summed E-state index contributed by atoms with van der Waals surface area (Å²) in [7, 11) is 0. The van der Waals surface area contributed by atoms with Crippen LogP contribution in [-0.4, -0.2) is 15.1 Å². The number of aromatic hydroxyl groups is 2. The highest BCUT2D eigenvalue weighted by Gasteiger charge is 2.40. The van der Waals surface area contributed by atoms with E-state index in [2.05, 4.69) is 0 Å². The molecule has 0 amide bonds. The molecular weight excluding hydrogens is 381 g/mol. The molecule has 0 saturated carbocycles. The number of halogens is 3. The van der Waals surface area contributed by atoms with Gasteiger partial charge in [0.1, 0.15) is 5.56 Å². The Hall–Kier alpha value is -3.82. The van der Waals surface area contributed by atoms with Crippen LogP contribution in [0.1, 0.15) is 5.69 Å². The van der Waals surface area contributed by atoms with Gasteiger partial charge in [-0.25, -0.2) is 0 Å². The van der Waals surface area contributed by atoms with Gasteiger partial charge in [-0.1, -0.05) is 30.3 Å². The molecule has 0 radical (unpaired) electrons. The third kappa shape index (κ3) is 3.27. The van der Waals surface area contributed by atoms with Crippen LogP contribution in [0.25, 0.3) is 22.3 Å². The van der Waals surface area contributed by atoms with Crippen LogP contribution in [0.3, 0.4) is 0 Å². The van der Waals surface area contributed by atoms with Gasteiger partial charge >= 0.3 is 6.18 Å². The summed E-state index contributed by atoms with van der Waals surface area (Å²) in [5.41, 5.74) is -2.87. The molecule has 144 valence electrons. The standard InChI is InChI=1S/C18H11F3N2O5/c19-18(20,21)14-7-6-11(9-22(14)26)15-16(23(27)28)12(8-13(24)17(15)25)10-4-2-1-3-5-10/h1-9,24-25H. The molecule has 2 aromatic carbocycles. The minimum Gasteiger partial charge on any atom is -0.618 e. The van der Waals surface area contributed by atoms with Crippen molar-refractivity contribution in [3.63, 3.8) is 0 Å². The van der Waals surface area contributed by atoms with Crippen LogP contribution in [0.2, 0.25) is 0 Å². The van der Waals surface area contributed by atoms with E-state index in [1.165, 1.54) is 12.1 Å². The first kappa shape index (κ1) is 19.0. The van der Waals surface area contributed by atoms with Crippen LogP contribution in [0.5, 0.6) is 11.5 Å². The highest BCUT2D eigenvalue weighted by Crippen LogP contribution is 2.48. The number of rotatable bonds is 3. The topological polar surface area (TPSA) is 111 Å². The number of hydrogen-bond acceptors (Lipinski definition) is 5. The Morgan fingerprint density at radius 1 is 1.00 bits per heavy atom. The molecule has 0 aliphatic heterocycles. The molecule has 0 atom stereocenters. The van der Waals surface area contributed by atoms with E-state index in [1.54, 1.807) is 18.2 Å². The largest absolute Gasteiger partial charge is 0.618 e. The van der Waals surface area contributed by atoms with E-state index >= 15 is 0 Å². The predicted octanol–water partition coefficient (Wildman–Crippen LogP) is 3.99. The van der Waals surface area contributed by atoms with Gasteiger partial charge in [-0.2, -0.15) is 17.9 Å². The number of phenols is 2. The first-order chi connectivity index (χ1) is 13.1. The molecule has 3 aromatic rings. The zero-order valence-electron chi connectivity index (χ0n) is 13.8. The van der Waals surface area contributed by atoms with Crippen molar-refractivity contribution in [2.45, 2.75) is 6.18 Å². The minimum atomic E-state index is -4.93. The van der Waals surface area contributed by atoms with Gasteiger partial charge in [0.25, 0.3) is 11.4 Å². The second kappa shape index (κ2) is 6.72. The number of pyridine rings is 1. The Kier molecular flexibility index (Phi) is 4.55. The normalized spacial score (nSPS) is 11.4. The maximum Gasteiger partial charge on any atom is 0.478 e. The highest BCUT2D eigenvalue weighted by atomic mass is 19.4. The van der Waals surface area contributed by atoms with E-state index < -0.39 is 44.3 Å². The molecule has 10 heteroatoms. The Morgan fingerprint density at radius 3 is 2.18 bits per heavy atom. The van der Waals surface area contributed by atoms with Crippen molar-refractivity contribution in [3.05, 3.63) is 75.7 Å². The van der Waals surface area contributed by atoms with E-state index in [0.29, 0.717) is 17.8 Å². The van der Waals surface area contributed by atoms with Crippen molar-refractivity contribution < 1.29 is 33.0 Å². The first-order valence-corrected chi connectivity index (χ1v) is 7.70. The first-order valence-electron chi connectivity index (χ1n) is 7.70. The van der Waals surface area contributed by atoms with Crippen LogP contribution in [0.15, 0.2) is 54.7 Å². The predicted molar refractivity (Wildman–Crippen MR) is 91.3 cm³/mol. The number of alkyl halides is 3. The molecular formula is C18H11F3N2O5. The Bertz CT molecular complexity index is 1070. The second-order valence-electron chi connectivity index (χ2n) is 5.77. The fourth-order valence-electron chi connectivity index (χ4n) is 2.80. The SMILES string of the molecule is O=[N+]([O-])c1c(-c2ccccc2)cc(O)c(O)c1-c1ccc(C(F)(F)F)[n+]([O-])c1. The zero-order valence-corrected chi connectivity index (χ0v) is 13.8. The van der Waals surface area contributed by atoms with Crippen LogP contribution in [0.4, 0.5) is 18.9 Å². The molecule has 0 bridgehead atoms. The number of aromatic nitrogens is 1. The molecule has 3 rings (SSSR count). The maximum atomic E-state index is 12.8. The number of benzene rings is 2. The molecule has 0 spiro atoms. The van der Waals surface area contributed by atoms with Gasteiger partial charge in [-0.05, 0) is 17.7 Å². The molecule has 2 N–H and O–H groups in total. The molecule has 1 aromatic heterocycles. The summed E-state index contributed by atoms with van der Waals surface area (Å²) in [5, 5.41) is 43.7. The van der Waals surface area contributed by atoms with Crippen molar-refractivity contribution in [2.75, 3.05) is 0 Å². The molecule has 0 aliphatic carbocycles. The molecule has 0 saturated heterocycles. The number of nitrogens with zero attached hydrogens (tertiary/aromatic N) is 2. The van der Waals surface area contributed by atoms with E-state index in [1.807, 2.05) is 0 Å². The van der Waals surface area contributed by atoms with Gasteiger partial charge < -0.3 is 15.4 Å². The summed E-state index contributed by atoms with van der Waals surface area (Å²) in [6, 6.07) is 10.1. The van der Waals surface area contributed by atoms with Crippen LogP contribution >= 0.6 is 0 Å². The van der Waals surface area contributed by atoms with Gasteiger partial charge in [0, 0.05) is 6.07 Å². The molecule has 28 heavy (non-hydrogen) atoms. The third-order valence-corrected chi connectivity index (χ3v) is 4.01. The van der Waals surface area contributed by atoms with E-state index in [4.69, 9.17) is 0 Å². The van der Waals surface area contributed by atoms with Crippen LogP contribution < -0.4 is 4.73 Å². The minimum absolute atomic E-state index is 0.0757. The molecule has 0 fully saturated rings. The fourth-order valence-corrected chi connectivity index (χ4v) is 2.80. The van der Waals surface area contributed by atoms with Crippen molar-refractivity contribution in [1.82, 2.24) is 0 Å². The van der Waals surface area contributed by atoms with Gasteiger partial charge in [0.2, 0.25) is 0 Å². The summed E-state index contributed by atoms with van der Waals surface area (Å²) < 4.78 is 37.9. The van der Waals surface area contributed by atoms with Crippen LogP contribution in [0, 0.1) is 15.3 Å². The summed E-state index contributed by atoms with van der Waals surface area (Å²) in [6.45, 7) is 0. The summed E-state index contributed by atoms with van der Waals surface area (Å²) in [4.78, 5) is 10.9. The summed E-state index contributed by atoms with van der Waals surface area (Å²) in [6.07, 6.45) is -4.47. The van der Waals surface area contributed by atoms with Gasteiger partial charge in [-0.3, -0.25) is 10.1 Å². The van der Waals surface area contributed by atoms with Crippen molar-refractivity contribution in [3.8, 4) is 33.8 Å². The lowest BCUT2D eigenvalue weighted by atomic mass is 9.95. The van der Waals surface area contributed by atoms with Crippen molar-refractivity contribution >= 4 is 5.69 Å². The lowest BCUT2D eigenvalue weighted by Gasteiger charge is -2.13. The van der Waals surface area contributed by atoms with Gasteiger partial charge in [-0.15, -0.1) is 0 Å². The number of nitro benzene ring substituents is 1. The number of phenolic OH excluding ortho intramolecular Hbond substituents is 2. The molecule has 7 nitrogen and oxygen atoms in total. The molecule has 0 aliphatic rings. The average molecular weight is 392 g/mol. The van der Waals surface area contributed by atoms with Crippen molar-refractivity contribution in [1.29, 1.82) is 0 Å². The van der Waals surface area contributed by atoms with E-state index in [9.17, 15) is 38.7 Å². The zero-order chi connectivity index (χ0) is 20.6. The van der Waals surface area contributed by atoms with Gasteiger partial charge in [0.05, 0.1) is 16.1 Å². The Labute approximate surface area is 155 Å². The highest BCUT2D eigenvalue weighted by molar-refractivity contribution is 5.91. The second-order valence-corrected chi connectivity index (χ2v) is 5.77. The fraction of sp³-hybridized carbons (Fsp3) is 0.0556. The Balaban J connectivity index is 2.34. The maximum absolute atomic E-state index is 12.8.